The molecule has 0 radical (unpaired) electrons. The topological polar surface area (TPSA) is 67.4 Å². The van der Waals surface area contributed by atoms with E-state index in [0.717, 1.165) is 29.8 Å². The van der Waals surface area contributed by atoms with E-state index in [2.05, 4.69) is 10.0 Å². The molecular formula is C13H22N2O3S. The van der Waals surface area contributed by atoms with E-state index < -0.39 is 10.0 Å². The SMILES string of the molecule is CNCCCNS(=O)(=O)c1cc(C)c(OC)c(C)c1. The molecule has 1 aromatic carbocycles. The largest absolute Gasteiger partial charge is 0.496 e. The average Bonchev–Trinajstić information content (AvgIpc) is 2.34. The Kier molecular flexibility index (Phi) is 5.78. The van der Waals surface area contributed by atoms with Crippen molar-refractivity contribution in [2.75, 3.05) is 27.2 Å². The van der Waals surface area contributed by atoms with Crippen LogP contribution in [-0.2, 0) is 10.0 Å². The number of ether oxygens (including phenoxy) is 1. The van der Waals surface area contributed by atoms with Crippen molar-refractivity contribution in [3.8, 4) is 5.75 Å². The summed E-state index contributed by atoms with van der Waals surface area (Å²) in [6, 6.07) is 3.26. The van der Waals surface area contributed by atoms with Gasteiger partial charge in [0.15, 0.2) is 0 Å². The summed E-state index contributed by atoms with van der Waals surface area (Å²) in [6.07, 6.45) is 0.754. The first kappa shape index (κ1) is 15.9. The van der Waals surface area contributed by atoms with E-state index in [1.807, 2.05) is 20.9 Å². The first-order valence-corrected chi connectivity index (χ1v) is 7.70. The molecule has 0 saturated heterocycles. The summed E-state index contributed by atoms with van der Waals surface area (Å²) in [5.41, 5.74) is 1.64. The minimum absolute atomic E-state index is 0.285. The smallest absolute Gasteiger partial charge is 0.240 e. The highest BCUT2D eigenvalue weighted by Gasteiger charge is 2.16. The highest BCUT2D eigenvalue weighted by atomic mass is 32.2. The second-order valence-corrected chi connectivity index (χ2v) is 6.21. The van der Waals surface area contributed by atoms with Crippen LogP contribution in [0.2, 0.25) is 0 Å². The molecule has 2 N–H and O–H groups in total. The normalized spacial score (nSPS) is 11.6. The molecule has 19 heavy (non-hydrogen) atoms. The van der Waals surface area contributed by atoms with E-state index in [0.29, 0.717) is 6.54 Å². The lowest BCUT2D eigenvalue weighted by molar-refractivity contribution is 0.408. The quantitative estimate of drug-likeness (QED) is 0.739. The summed E-state index contributed by atoms with van der Waals surface area (Å²) < 4.78 is 32.1. The number of benzene rings is 1. The fourth-order valence-electron chi connectivity index (χ4n) is 1.94. The molecule has 0 aliphatic carbocycles. The Morgan fingerprint density at radius 3 is 2.21 bits per heavy atom. The second kappa shape index (κ2) is 6.88. The Labute approximate surface area is 115 Å². The first-order valence-electron chi connectivity index (χ1n) is 6.22. The molecule has 6 heteroatoms. The molecule has 5 nitrogen and oxygen atoms in total. The summed E-state index contributed by atoms with van der Waals surface area (Å²) in [5, 5.41) is 2.98. The molecule has 0 fully saturated rings. The van der Waals surface area contributed by atoms with Gasteiger partial charge in [0, 0.05) is 6.54 Å². The molecule has 0 aromatic heterocycles. The third-order valence-corrected chi connectivity index (χ3v) is 4.28. The lowest BCUT2D eigenvalue weighted by Gasteiger charge is -2.12. The molecule has 0 bridgehead atoms. The van der Waals surface area contributed by atoms with Crippen LogP contribution in [0.15, 0.2) is 17.0 Å². The highest BCUT2D eigenvalue weighted by Crippen LogP contribution is 2.26. The number of nitrogens with one attached hydrogen (secondary N) is 2. The summed E-state index contributed by atoms with van der Waals surface area (Å²) in [7, 11) is -0.0232. The van der Waals surface area contributed by atoms with Gasteiger partial charge in [-0.25, -0.2) is 13.1 Å². The molecule has 0 saturated carbocycles. The van der Waals surface area contributed by atoms with Crippen LogP contribution in [-0.4, -0.2) is 35.7 Å². The Balaban J connectivity index is 2.90. The molecule has 1 rings (SSSR count). The summed E-state index contributed by atoms with van der Waals surface area (Å²) in [6.45, 7) is 4.88. The Morgan fingerprint density at radius 1 is 1.16 bits per heavy atom. The molecule has 0 amide bonds. The molecule has 0 aliphatic rings. The highest BCUT2D eigenvalue weighted by molar-refractivity contribution is 7.89. The number of aryl methyl sites for hydroxylation is 2. The van der Waals surface area contributed by atoms with Gasteiger partial charge in [0.2, 0.25) is 10.0 Å². The van der Waals surface area contributed by atoms with Crippen molar-refractivity contribution in [3.05, 3.63) is 23.3 Å². The molecule has 108 valence electrons. The van der Waals surface area contributed by atoms with Crippen molar-refractivity contribution in [1.29, 1.82) is 0 Å². The fraction of sp³-hybridized carbons (Fsp3) is 0.538. The Morgan fingerprint density at radius 2 is 1.74 bits per heavy atom. The number of hydrogen-bond acceptors (Lipinski definition) is 4. The van der Waals surface area contributed by atoms with Gasteiger partial charge in [-0.1, -0.05) is 0 Å². The monoisotopic (exact) mass is 286 g/mol. The van der Waals surface area contributed by atoms with E-state index in [1.54, 1.807) is 19.2 Å². The van der Waals surface area contributed by atoms with Crippen LogP contribution >= 0.6 is 0 Å². The molecular weight excluding hydrogens is 264 g/mol. The van der Waals surface area contributed by atoms with Gasteiger partial charge in [-0.05, 0) is 57.1 Å². The van der Waals surface area contributed by atoms with Crippen molar-refractivity contribution in [3.63, 3.8) is 0 Å². The lowest BCUT2D eigenvalue weighted by Crippen LogP contribution is -2.27. The molecule has 0 atom stereocenters. The van der Waals surface area contributed by atoms with Crippen molar-refractivity contribution in [1.82, 2.24) is 10.0 Å². The van der Waals surface area contributed by atoms with Gasteiger partial charge in [0.1, 0.15) is 5.75 Å². The molecule has 1 aromatic rings. The maximum Gasteiger partial charge on any atom is 0.240 e. The predicted molar refractivity (Wildman–Crippen MR) is 76.2 cm³/mol. The standard InChI is InChI=1S/C13H22N2O3S/c1-10-8-12(9-11(2)13(10)18-4)19(16,17)15-7-5-6-14-3/h8-9,14-15H,5-7H2,1-4H3. The van der Waals surface area contributed by atoms with Crippen LogP contribution in [0.4, 0.5) is 0 Å². The minimum Gasteiger partial charge on any atom is -0.496 e. The average molecular weight is 286 g/mol. The Bertz CT molecular complexity index is 504. The second-order valence-electron chi connectivity index (χ2n) is 4.45. The van der Waals surface area contributed by atoms with Gasteiger partial charge in [-0.2, -0.15) is 0 Å². The van der Waals surface area contributed by atoms with Crippen molar-refractivity contribution < 1.29 is 13.2 Å². The maximum absolute atomic E-state index is 12.1. The lowest BCUT2D eigenvalue weighted by atomic mass is 10.1. The zero-order valence-electron chi connectivity index (χ0n) is 11.9. The third-order valence-electron chi connectivity index (χ3n) is 2.84. The van der Waals surface area contributed by atoms with E-state index in [4.69, 9.17) is 4.74 Å². The van der Waals surface area contributed by atoms with Crippen LogP contribution in [0.25, 0.3) is 0 Å². The van der Waals surface area contributed by atoms with E-state index >= 15 is 0 Å². The van der Waals surface area contributed by atoms with Gasteiger partial charge < -0.3 is 10.1 Å². The number of methoxy groups -OCH3 is 1. The van der Waals surface area contributed by atoms with Gasteiger partial charge >= 0.3 is 0 Å². The maximum atomic E-state index is 12.1. The van der Waals surface area contributed by atoms with Crippen LogP contribution in [0.5, 0.6) is 5.75 Å². The van der Waals surface area contributed by atoms with Gasteiger partial charge in [0.05, 0.1) is 12.0 Å². The Hall–Kier alpha value is -1.11. The van der Waals surface area contributed by atoms with Gasteiger partial charge in [0.25, 0.3) is 0 Å². The zero-order chi connectivity index (χ0) is 14.5. The van der Waals surface area contributed by atoms with Crippen molar-refractivity contribution in [2.45, 2.75) is 25.2 Å². The van der Waals surface area contributed by atoms with Crippen molar-refractivity contribution >= 4 is 10.0 Å². The van der Waals surface area contributed by atoms with E-state index in [1.165, 1.54) is 0 Å². The predicted octanol–water partition coefficient (Wildman–Crippen LogP) is 1.20. The van der Waals surface area contributed by atoms with Crippen LogP contribution in [0.1, 0.15) is 17.5 Å². The van der Waals surface area contributed by atoms with E-state index in [-0.39, 0.29) is 4.90 Å². The molecule has 0 spiro atoms. The molecule has 0 heterocycles. The number of rotatable bonds is 7. The van der Waals surface area contributed by atoms with Crippen LogP contribution in [0, 0.1) is 13.8 Å². The molecule has 0 unspecified atom stereocenters. The fourth-order valence-corrected chi connectivity index (χ4v) is 3.19. The van der Waals surface area contributed by atoms with E-state index in [9.17, 15) is 8.42 Å². The van der Waals surface area contributed by atoms with Gasteiger partial charge in [-0.15, -0.1) is 0 Å². The van der Waals surface area contributed by atoms with Gasteiger partial charge in [-0.3, -0.25) is 0 Å². The van der Waals surface area contributed by atoms with Crippen molar-refractivity contribution in [2.24, 2.45) is 0 Å². The zero-order valence-corrected chi connectivity index (χ0v) is 12.7. The minimum atomic E-state index is -3.44. The number of sulfonamides is 1. The molecule has 0 aliphatic heterocycles. The number of hydrogen-bond donors (Lipinski definition) is 2. The summed E-state index contributed by atoms with van der Waals surface area (Å²) in [4.78, 5) is 0.285. The third kappa shape index (κ3) is 4.19. The van der Waals surface area contributed by atoms with Crippen LogP contribution in [0.3, 0.4) is 0 Å². The first-order chi connectivity index (χ1) is 8.92. The van der Waals surface area contributed by atoms with Crippen LogP contribution < -0.4 is 14.8 Å². The summed E-state index contributed by atoms with van der Waals surface area (Å²) >= 11 is 0. The summed E-state index contributed by atoms with van der Waals surface area (Å²) in [5.74, 6) is 0.731.